The van der Waals surface area contributed by atoms with Crippen LogP contribution in [0.4, 0.5) is 0 Å². The lowest BCUT2D eigenvalue weighted by molar-refractivity contribution is -0.302. The van der Waals surface area contributed by atoms with Gasteiger partial charge < -0.3 is 40.3 Å². The minimum Gasteiger partial charge on any atom is -0.394 e. The van der Waals surface area contributed by atoms with Crippen molar-refractivity contribution in [2.24, 2.45) is 0 Å². The van der Waals surface area contributed by atoms with E-state index in [2.05, 4.69) is 141 Å². The predicted molar refractivity (Wildman–Crippen MR) is 387 cm³/mol. The molecule has 1 aliphatic rings. The molecule has 1 aliphatic heterocycles. The molecule has 9 heteroatoms. The van der Waals surface area contributed by atoms with Crippen LogP contribution in [-0.4, -0.2) is 87.5 Å². The van der Waals surface area contributed by atoms with Gasteiger partial charge in [-0.3, -0.25) is 4.79 Å². The second kappa shape index (κ2) is 68.4. The van der Waals surface area contributed by atoms with Gasteiger partial charge in [0.25, 0.3) is 0 Å². The first-order valence-corrected chi connectivity index (χ1v) is 37.7. The van der Waals surface area contributed by atoms with E-state index in [1.54, 1.807) is 0 Å². The number of rotatable bonds is 65. The van der Waals surface area contributed by atoms with Gasteiger partial charge in [0.05, 0.1) is 25.4 Å². The Morgan fingerprint density at radius 2 is 0.689 bits per heavy atom. The first kappa shape index (κ1) is 84.6. The molecule has 0 aromatic carbocycles. The molecule has 1 rings (SSSR count). The van der Waals surface area contributed by atoms with Gasteiger partial charge in [-0.2, -0.15) is 0 Å². The zero-order valence-electron chi connectivity index (χ0n) is 58.1. The molecule has 0 radical (unpaired) electrons. The molecule has 0 saturated carbocycles. The lowest BCUT2D eigenvalue weighted by atomic mass is 9.99. The number of allylic oxidation sites excluding steroid dienone is 20. The molecule has 0 bridgehead atoms. The Morgan fingerprint density at radius 1 is 0.389 bits per heavy atom. The smallest absolute Gasteiger partial charge is 0.220 e. The average molecular weight is 1260 g/mol. The molecular weight excluding hydrogens is 1110 g/mol. The first-order chi connectivity index (χ1) is 44.3. The van der Waals surface area contributed by atoms with E-state index in [9.17, 15) is 30.3 Å². The van der Waals surface area contributed by atoms with Gasteiger partial charge in [-0.25, -0.2) is 0 Å². The van der Waals surface area contributed by atoms with E-state index in [4.69, 9.17) is 9.47 Å². The lowest BCUT2D eigenvalue weighted by Crippen LogP contribution is -2.60. The van der Waals surface area contributed by atoms with Crippen LogP contribution in [0.1, 0.15) is 328 Å². The van der Waals surface area contributed by atoms with Crippen LogP contribution in [0.2, 0.25) is 0 Å². The summed E-state index contributed by atoms with van der Waals surface area (Å²) in [6.45, 7) is 3.75. The Bertz CT molecular complexity index is 1840. The maximum absolute atomic E-state index is 13.2. The van der Waals surface area contributed by atoms with Crippen molar-refractivity contribution >= 4 is 5.91 Å². The van der Waals surface area contributed by atoms with Crippen LogP contribution < -0.4 is 5.32 Å². The minimum absolute atomic E-state index is 0.150. The first-order valence-electron chi connectivity index (χ1n) is 37.7. The highest BCUT2D eigenvalue weighted by Gasteiger charge is 2.44. The molecule has 1 fully saturated rings. The number of nitrogens with one attached hydrogen (secondary N) is 1. The molecule has 518 valence electrons. The normalized spacial score (nSPS) is 18.5. The van der Waals surface area contributed by atoms with Crippen molar-refractivity contribution in [3.63, 3.8) is 0 Å². The highest BCUT2D eigenvalue weighted by molar-refractivity contribution is 5.76. The SMILES string of the molecule is CC/C=C\C/C=C\C/C=C\C/C=C\C/C=C\C/C=C\C/C=C\C/C=C\C/C=C\C/C=C\CCCCCCCCC(=O)NC(COC1OC(CO)C(O)C(O)C1O)C(O)CCCCCCCCCCCCCCCCCCCCCCCCCCCCCCCC. The summed E-state index contributed by atoms with van der Waals surface area (Å²) in [5.74, 6) is -0.159. The van der Waals surface area contributed by atoms with Gasteiger partial charge in [0, 0.05) is 6.42 Å². The molecule has 7 atom stereocenters. The molecule has 90 heavy (non-hydrogen) atoms. The van der Waals surface area contributed by atoms with Crippen molar-refractivity contribution in [1.82, 2.24) is 5.32 Å². The fourth-order valence-corrected chi connectivity index (χ4v) is 11.5. The number of hydrogen-bond donors (Lipinski definition) is 6. The van der Waals surface area contributed by atoms with Gasteiger partial charge in [0.15, 0.2) is 6.29 Å². The Labute approximate surface area is 554 Å². The molecule has 7 unspecified atom stereocenters. The van der Waals surface area contributed by atoms with Crippen molar-refractivity contribution in [2.45, 2.75) is 371 Å². The lowest BCUT2D eigenvalue weighted by Gasteiger charge is -2.40. The van der Waals surface area contributed by atoms with Crippen molar-refractivity contribution in [2.75, 3.05) is 13.2 Å². The zero-order valence-corrected chi connectivity index (χ0v) is 58.1. The fraction of sp³-hybridized carbons (Fsp3) is 0.741. The van der Waals surface area contributed by atoms with Gasteiger partial charge in [-0.15, -0.1) is 0 Å². The Balaban J connectivity index is 2.14. The maximum atomic E-state index is 13.2. The van der Waals surface area contributed by atoms with Crippen LogP contribution in [0.25, 0.3) is 0 Å². The number of ether oxygens (including phenoxy) is 2. The Morgan fingerprint density at radius 3 is 1.02 bits per heavy atom. The predicted octanol–water partition coefficient (Wildman–Crippen LogP) is 21.4. The van der Waals surface area contributed by atoms with Gasteiger partial charge in [-0.05, 0) is 89.9 Å². The number of aliphatic hydroxyl groups is 5. The number of unbranched alkanes of at least 4 members (excludes halogenated alkanes) is 35. The number of hydrogen-bond acceptors (Lipinski definition) is 8. The largest absolute Gasteiger partial charge is 0.394 e. The summed E-state index contributed by atoms with van der Waals surface area (Å²) in [5.41, 5.74) is 0. The molecule has 0 aromatic rings. The van der Waals surface area contributed by atoms with Crippen molar-refractivity contribution in [3.05, 3.63) is 122 Å². The van der Waals surface area contributed by atoms with Crippen LogP contribution in [0.3, 0.4) is 0 Å². The van der Waals surface area contributed by atoms with Gasteiger partial charge in [0.1, 0.15) is 24.4 Å². The van der Waals surface area contributed by atoms with Crippen LogP contribution in [0.5, 0.6) is 0 Å². The fourth-order valence-electron chi connectivity index (χ4n) is 11.5. The van der Waals surface area contributed by atoms with Crippen molar-refractivity contribution in [3.8, 4) is 0 Å². The molecule has 0 aliphatic carbocycles. The number of carbonyl (C=O) groups is 1. The average Bonchev–Trinajstić information content (AvgIpc) is 1.28. The van der Waals surface area contributed by atoms with E-state index in [-0.39, 0.29) is 12.5 Å². The third-order valence-electron chi connectivity index (χ3n) is 17.3. The van der Waals surface area contributed by atoms with Crippen LogP contribution in [-0.2, 0) is 14.3 Å². The van der Waals surface area contributed by atoms with Crippen molar-refractivity contribution < 1.29 is 39.8 Å². The van der Waals surface area contributed by atoms with Crippen LogP contribution >= 0.6 is 0 Å². The van der Waals surface area contributed by atoms with E-state index >= 15 is 0 Å². The molecule has 1 amide bonds. The number of aliphatic hydroxyl groups excluding tert-OH is 5. The Hall–Kier alpha value is -3.41. The molecule has 9 nitrogen and oxygen atoms in total. The zero-order chi connectivity index (χ0) is 64.9. The molecule has 1 saturated heterocycles. The minimum atomic E-state index is -1.56. The highest BCUT2D eigenvalue weighted by Crippen LogP contribution is 2.24. The van der Waals surface area contributed by atoms with Crippen LogP contribution in [0, 0.1) is 0 Å². The molecule has 0 aromatic heterocycles. The monoisotopic (exact) mass is 1260 g/mol. The second-order valence-electron chi connectivity index (χ2n) is 25.7. The quantitative estimate of drug-likeness (QED) is 0.0261. The third-order valence-corrected chi connectivity index (χ3v) is 17.3. The van der Waals surface area contributed by atoms with Crippen LogP contribution in [0.15, 0.2) is 122 Å². The maximum Gasteiger partial charge on any atom is 0.220 e. The summed E-state index contributed by atoms with van der Waals surface area (Å²) >= 11 is 0. The molecule has 6 N–H and O–H groups in total. The van der Waals surface area contributed by atoms with E-state index in [0.717, 1.165) is 128 Å². The van der Waals surface area contributed by atoms with Gasteiger partial charge >= 0.3 is 0 Å². The number of amides is 1. The van der Waals surface area contributed by atoms with E-state index in [1.165, 1.54) is 173 Å². The summed E-state index contributed by atoms with van der Waals surface area (Å²) in [6.07, 6.45) is 95.6. The Kier molecular flexibility index (Phi) is 64.3. The molecular formula is C81H141NO8. The second-order valence-corrected chi connectivity index (χ2v) is 25.7. The van der Waals surface area contributed by atoms with E-state index in [0.29, 0.717) is 12.8 Å². The number of carbonyl (C=O) groups excluding carboxylic acids is 1. The van der Waals surface area contributed by atoms with E-state index in [1.807, 2.05) is 0 Å². The topological polar surface area (TPSA) is 149 Å². The summed E-state index contributed by atoms with van der Waals surface area (Å²) in [7, 11) is 0. The standard InChI is InChI=1S/C81H141NO8/c1-3-5-7-9-11-13-15-17-19-21-23-25-27-29-31-33-35-36-37-38-39-40-41-43-45-47-49-51-53-55-57-59-61-63-65-67-69-71-77(85)82-74(73-89-81-80(88)79(87)78(86)76(72-83)90-81)75(84)70-68-66-64-62-60-58-56-54-52-50-48-46-44-42-34-32-30-28-26-24-22-20-18-16-14-12-10-8-6-4-2/h5,7,11,13,17,19,23,25,29,31,35-36,38-39,41,43,47,49,53,55,74-76,78-81,83-84,86-88H,3-4,6,8-10,12,14-16,18,20-22,24,26-28,30,32-34,37,40,42,44-46,48,50-52,54,56-73H2,1-2H3,(H,82,85)/b7-5-,13-11-,19-17-,25-23-,31-29-,36-35-,39-38-,43-41-,49-47-,55-53-. The van der Waals surface area contributed by atoms with Gasteiger partial charge in [-0.1, -0.05) is 354 Å². The molecule has 1 heterocycles. The summed E-state index contributed by atoms with van der Waals surface area (Å²) in [4.78, 5) is 13.2. The molecule has 0 spiro atoms. The van der Waals surface area contributed by atoms with Gasteiger partial charge in [0.2, 0.25) is 5.91 Å². The summed E-state index contributed by atoms with van der Waals surface area (Å²) in [6, 6.07) is -0.738. The third kappa shape index (κ3) is 56.2. The van der Waals surface area contributed by atoms with Crippen molar-refractivity contribution in [1.29, 1.82) is 0 Å². The summed E-state index contributed by atoms with van der Waals surface area (Å²) in [5, 5.41) is 55.0. The summed E-state index contributed by atoms with van der Waals surface area (Å²) < 4.78 is 11.4. The van der Waals surface area contributed by atoms with E-state index < -0.39 is 49.5 Å². The highest BCUT2D eigenvalue weighted by atomic mass is 16.7.